The van der Waals surface area contributed by atoms with Crippen molar-refractivity contribution in [3.05, 3.63) is 35.9 Å². The first-order valence-corrected chi connectivity index (χ1v) is 7.54. The van der Waals surface area contributed by atoms with E-state index in [9.17, 15) is 9.90 Å². The first kappa shape index (κ1) is 16.7. The largest absolute Gasteiger partial charge is 0.481 e. The summed E-state index contributed by atoms with van der Waals surface area (Å²) >= 11 is 0. The van der Waals surface area contributed by atoms with Crippen LogP contribution >= 0.6 is 0 Å². The van der Waals surface area contributed by atoms with Crippen molar-refractivity contribution >= 4 is 5.97 Å². The van der Waals surface area contributed by atoms with E-state index in [4.69, 9.17) is 4.74 Å². The molecule has 0 saturated heterocycles. The Hall–Kier alpha value is -1.35. The maximum Gasteiger partial charge on any atom is 0.313 e. The molecule has 1 aromatic rings. The number of unbranched alkanes of at least 4 members (excludes halogenated alkanes) is 1. The van der Waals surface area contributed by atoms with Crippen LogP contribution < -0.4 is 0 Å². The first-order valence-electron chi connectivity index (χ1n) is 7.54. The van der Waals surface area contributed by atoms with Gasteiger partial charge in [0.2, 0.25) is 0 Å². The van der Waals surface area contributed by atoms with Gasteiger partial charge >= 0.3 is 5.97 Å². The summed E-state index contributed by atoms with van der Waals surface area (Å²) in [5.74, 6) is -0.849. The van der Waals surface area contributed by atoms with Gasteiger partial charge in [-0.3, -0.25) is 4.79 Å². The van der Waals surface area contributed by atoms with Crippen LogP contribution in [-0.4, -0.2) is 24.3 Å². The average molecular weight is 278 g/mol. The maximum absolute atomic E-state index is 11.3. The molecule has 112 valence electrons. The van der Waals surface area contributed by atoms with Crippen LogP contribution in [0, 0.1) is 5.92 Å². The van der Waals surface area contributed by atoms with E-state index < -0.39 is 11.9 Å². The quantitative estimate of drug-likeness (QED) is 0.701. The summed E-state index contributed by atoms with van der Waals surface area (Å²) in [5, 5.41) is 9.31. The Balaban J connectivity index is 2.46. The second-order valence-corrected chi connectivity index (χ2v) is 5.26. The topological polar surface area (TPSA) is 46.5 Å². The molecule has 0 amide bonds. The smallest absolute Gasteiger partial charge is 0.313 e. The maximum atomic E-state index is 11.3. The van der Waals surface area contributed by atoms with Gasteiger partial charge in [0.25, 0.3) is 0 Å². The predicted molar refractivity (Wildman–Crippen MR) is 80.9 cm³/mol. The Labute approximate surface area is 122 Å². The number of ether oxygens (including phenoxy) is 1. The van der Waals surface area contributed by atoms with E-state index >= 15 is 0 Å². The molecule has 1 N–H and O–H groups in total. The van der Waals surface area contributed by atoms with Crippen LogP contribution in [0.3, 0.4) is 0 Å². The lowest BCUT2D eigenvalue weighted by molar-refractivity contribution is -0.140. The van der Waals surface area contributed by atoms with Gasteiger partial charge in [-0.25, -0.2) is 0 Å². The van der Waals surface area contributed by atoms with E-state index in [1.54, 1.807) is 0 Å². The molecule has 0 aliphatic rings. The molecule has 0 bridgehead atoms. The summed E-state index contributed by atoms with van der Waals surface area (Å²) in [5.41, 5.74) is 0.807. The Morgan fingerprint density at radius 2 is 1.90 bits per heavy atom. The predicted octanol–water partition coefficient (Wildman–Crippen LogP) is 4.09. The zero-order valence-corrected chi connectivity index (χ0v) is 12.5. The van der Waals surface area contributed by atoms with Crippen LogP contribution in [0.4, 0.5) is 0 Å². The molecule has 2 unspecified atom stereocenters. The van der Waals surface area contributed by atoms with Crippen molar-refractivity contribution in [2.24, 2.45) is 5.92 Å². The van der Waals surface area contributed by atoms with E-state index in [1.807, 2.05) is 30.3 Å². The van der Waals surface area contributed by atoms with E-state index in [0.717, 1.165) is 18.4 Å². The van der Waals surface area contributed by atoms with Gasteiger partial charge < -0.3 is 9.84 Å². The van der Waals surface area contributed by atoms with Crippen molar-refractivity contribution in [3.8, 4) is 0 Å². The Morgan fingerprint density at radius 1 is 1.20 bits per heavy atom. The SMILES string of the molecule is CCCCC(CC)COCC(C(=O)O)c1ccccc1. The lowest BCUT2D eigenvalue weighted by Gasteiger charge is -2.17. The lowest BCUT2D eigenvalue weighted by Crippen LogP contribution is -2.20. The molecule has 2 atom stereocenters. The van der Waals surface area contributed by atoms with Crippen LogP contribution in [0.15, 0.2) is 30.3 Å². The van der Waals surface area contributed by atoms with E-state index in [2.05, 4.69) is 13.8 Å². The molecule has 0 radical (unpaired) electrons. The third-order valence-corrected chi connectivity index (χ3v) is 3.68. The molecule has 1 aromatic carbocycles. The second-order valence-electron chi connectivity index (χ2n) is 5.26. The lowest BCUT2D eigenvalue weighted by atomic mass is 9.99. The molecule has 0 aromatic heterocycles. The van der Waals surface area contributed by atoms with Gasteiger partial charge in [-0.15, -0.1) is 0 Å². The molecule has 3 nitrogen and oxygen atoms in total. The zero-order valence-electron chi connectivity index (χ0n) is 12.5. The number of rotatable bonds is 10. The summed E-state index contributed by atoms with van der Waals surface area (Å²) in [6, 6.07) is 9.30. The first-order chi connectivity index (χ1) is 9.69. The third kappa shape index (κ3) is 5.74. The van der Waals surface area contributed by atoms with E-state index in [1.165, 1.54) is 12.8 Å². The Kier molecular flexibility index (Phi) is 7.97. The molecule has 3 heteroatoms. The van der Waals surface area contributed by atoms with Gasteiger partial charge in [-0.05, 0) is 17.9 Å². The van der Waals surface area contributed by atoms with Gasteiger partial charge in [0.1, 0.15) is 5.92 Å². The van der Waals surface area contributed by atoms with Gasteiger partial charge in [-0.2, -0.15) is 0 Å². The normalized spacial score (nSPS) is 13.9. The minimum atomic E-state index is -0.821. The van der Waals surface area contributed by atoms with Gasteiger partial charge in [-0.1, -0.05) is 63.4 Å². The average Bonchev–Trinajstić information content (AvgIpc) is 2.47. The molecule has 0 fully saturated rings. The Bertz CT molecular complexity index is 375. The van der Waals surface area contributed by atoms with Gasteiger partial charge in [0.05, 0.1) is 6.61 Å². The van der Waals surface area contributed by atoms with Crippen molar-refractivity contribution in [2.45, 2.75) is 45.4 Å². The zero-order chi connectivity index (χ0) is 14.8. The van der Waals surface area contributed by atoms with Crippen molar-refractivity contribution in [1.29, 1.82) is 0 Å². The molecule has 0 spiro atoms. The van der Waals surface area contributed by atoms with E-state index in [0.29, 0.717) is 12.5 Å². The second kappa shape index (κ2) is 9.54. The molecule has 1 rings (SSSR count). The number of carboxylic acid groups (broad SMARTS) is 1. The highest BCUT2D eigenvalue weighted by molar-refractivity contribution is 5.76. The molecule has 0 saturated carbocycles. The summed E-state index contributed by atoms with van der Waals surface area (Å²) in [6.07, 6.45) is 4.65. The fourth-order valence-corrected chi connectivity index (χ4v) is 2.25. The minimum absolute atomic E-state index is 0.252. The fraction of sp³-hybridized carbons (Fsp3) is 0.588. The highest BCUT2D eigenvalue weighted by atomic mass is 16.5. The monoisotopic (exact) mass is 278 g/mol. The number of hydrogen-bond acceptors (Lipinski definition) is 2. The molecule has 0 aliphatic heterocycles. The van der Waals surface area contributed by atoms with Crippen LogP contribution in [0.25, 0.3) is 0 Å². The molecule has 20 heavy (non-hydrogen) atoms. The summed E-state index contributed by atoms with van der Waals surface area (Å²) in [4.78, 5) is 11.3. The number of carboxylic acids is 1. The molecular weight excluding hydrogens is 252 g/mol. The fourth-order valence-electron chi connectivity index (χ4n) is 2.25. The van der Waals surface area contributed by atoms with Crippen molar-refractivity contribution in [3.63, 3.8) is 0 Å². The molecular formula is C17H26O3. The Morgan fingerprint density at radius 3 is 2.45 bits per heavy atom. The van der Waals surface area contributed by atoms with Crippen molar-refractivity contribution in [2.75, 3.05) is 13.2 Å². The van der Waals surface area contributed by atoms with Gasteiger partial charge in [0.15, 0.2) is 0 Å². The minimum Gasteiger partial charge on any atom is -0.481 e. The van der Waals surface area contributed by atoms with E-state index in [-0.39, 0.29) is 6.61 Å². The number of hydrogen-bond donors (Lipinski definition) is 1. The van der Waals surface area contributed by atoms with Crippen LogP contribution in [0.1, 0.15) is 51.0 Å². The number of carbonyl (C=O) groups is 1. The van der Waals surface area contributed by atoms with Crippen LogP contribution in [0.2, 0.25) is 0 Å². The summed E-state index contributed by atoms with van der Waals surface area (Å²) in [7, 11) is 0. The van der Waals surface area contributed by atoms with Crippen molar-refractivity contribution < 1.29 is 14.6 Å². The number of aliphatic carboxylic acids is 1. The third-order valence-electron chi connectivity index (χ3n) is 3.68. The summed E-state index contributed by atoms with van der Waals surface area (Å²) < 4.78 is 5.68. The van der Waals surface area contributed by atoms with Gasteiger partial charge in [0, 0.05) is 6.61 Å². The number of benzene rings is 1. The molecule has 0 aliphatic carbocycles. The summed E-state index contributed by atoms with van der Waals surface area (Å²) in [6.45, 7) is 5.26. The van der Waals surface area contributed by atoms with Crippen molar-refractivity contribution in [1.82, 2.24) is 0 Å². The van der Waals surface area contributed by atoms with Crippen LogP contribution in [0.5, 0.6) is 0 Å². The highest BCUT2D eigenvalue weighted by Crippen LogP contribution is 2.18. The molecule has 0 heterocycles. The highest BCUT2D eigenvalue weighted by Gasteiger charge is 2.20. The standard InChI is InChI=1S/C17H26O3/c1-3-5-9-14(4-2)12-20-13-16(17(18)19)15-10-7-6-8-11-15/h6-8,10-11,14,16H,3-5,9,12-13H2,1-2H3,(H,18,19). The van der Waals surface area contributed by atoms with Crippen LogP contribution in [-0.2, 0) is 9.53 Å².